The van der Waals surface area contributed by atoms with Crippen molar-refractivity contribution < 1.29 is 0 Å². The molecular formula is C34H52SSi. The van der Waals surface area contributed by atoms with Crippen LogP contribution in [0, 0.1) is 53.3 Å². The van der Waals surface area contributed by atoms with Crippen molar-refractivity contribution in [2.24, 2.45) is 53.3 Å². The Morgan fingerprint density at radius 2 is 1.47 bits per heavy atom. The highest BCUT2D eigenvalue weighted by molar-refractivity contribution is 8.00. The summed E-state index contributed by atoms with van der Waals surface area (Å²) in [5.74, 6) is 9.80. The minimum Gasteiger partial charge on any atom is -0.154 e. The van der Waals surface area contributed by atoms with Gasteiger partial charge >= 0.3 is 0 Å². The zero-order valence-corrected chi connectivity index (χ0v) is 25.6. The molecule has 5 aliphatic carbocycles. The van der Waals surface area contributed by atoms with Gasteiger partial charge in [-0.2, -0.15) is 11.8 Å². The van der Waals surface area contributed by atoms with Gasteiger partial charge in [-0.25, -0.2) is 0 Å². The Labute approximate surface area is 227 Å². The molecule has 1 aromatic carbocycles. The van der Waals surface area contributed by atoms with Gasteiger partial charge in [0, 0.05) is 10.5 Å². The van der Waals surface area contributed by atoms with Crippen LogP contribution in [0.4, 0.5) is 0 Å². The molecule has 14 atom stereocenters. The average molecular weight is 521 g/mol. The third-order valence-electron chi connectivity index (χ3n) is 13.7. The number of rotatable bonds is 3. The van der Waals surface area contributed by atoms with E-state index in [9.17, 15) is 0 Å². The highest BCUT2D eigenvalue weighted by atomic mass is 32.2. The van der Waals surface area contributed by atoms with E-state index in [1.807, 2.05) is 0 Å². The molecule has 1 saturated heterocycles. The maximum atomic E-state index is 2.94. The summed E-state index contributed by atoms with van der Waals surface area (Å²) < 4.78 is 0. The van der Waals surface area contributed by atoms with Gasteiger partial charge in [0.25, 0.3) is 0 Å². The van der Waals surface area contributed by atoms with Crippen molar-refractivity contribution in [2.75, 3.05) is 0 Å². The van der Waals surface area contributed by atoms with Gasteiger partial charge < -0.3 is 0 Å². The van der Waals surface area contributed by atoms with Gasteiger partial charge in [-0.1, -0.05) is 89.9 Å². The Kier molecular flexibility index (Phi) is 6.32. The number of fused-ring (bicyclic) bond motifs is 5. The Hall–Kier alpha value is -0.213. The predicted molar refractivity (Wildman–Crippen MR) is 159 cm³/mol. The van der Waals surface area contributed by atoms with Gasteiger partial charge in [0.15, 0.2) is 0 Å². The van der Waals surface area contributed by atoms with E-state index >= 15 is 0 Å². The van der Waals surface area contributed by atoms with E-state index in [0.717, 1.165) is 80.8 Å². The molecule has 1 aliphatic heterocycles. The summed E-state index contributed by atoms with van der Waals surface area (Å²) in [4.78, 5) is 0. The summed E-state index contributed by atoms with van der Waals surface area (Å²) in [5, 5.41) is 2.00. The Morgan fingerprint density at radius 1 is 0.722 bits per heavy atom. The van der Waals surface area contributed by atoms with Gasteiger partial charge in [-0.3, -0.25) is 0 Å². The first-order chi connectivity index (χ1) is 17.4. The predicted octanol–water partition coefficient (Wildman–Crippen LogP) is 9.89. The smallest absolute Gasteiger partial charge is 0.0547 e. The largest absolute Gasteiger partial charge is 0.154 e. The molecule has 0 amide bonds. The summed E-state index contributed by atoms with van der Waals surface area (Å²) in [6, 6.07) is 11.9. The van der Waals surface area contributed by atoms with Crippen LogP contribution in [0.3, 0.4) is 0 Å². The van der Waals surface area contributed by atoms with Crippen LogP contribution in [0.25, 0.3) is 0 Å². The van der Waals surface area contributed by atoms with E-state index in [1.165, 1.54) is 44.9 Å². The molecule has 7 rings (SSSR count). The molecule has 36 heavy (non-hydrogen) atoms. The van der Waals surface area contributed by atoms with Crippen molar-refractivity contribution >= 4 is 19.8 Å². The van der Waals surface area contributed by atoms with E-state index in [-0.39, 0.29) is 0 Å². The van der Waals surface area contributed by atoms with Crippen molar-refractivity contribution in [2.45, 2.75) is 119 Å². The molecule has 2 heteroatoms. The standard InChI is InChI=1S/C34H52SSi/c1-20-18-27-28(19-24-14-11-16-25(24)30(27)23-12-7-6-8-13-23)33(20)36(4,5)34-22(3)21(2)32-31(34)26-15-9-10-17-29(26)35-32/h6-8,12-13,20-22,24-34H,9-11,14-19H2,1-5H3. The van der Waals surface area contributed by atoms with Crippen molar-refractivity contribution in [1.82, 2.24) is 0 Å². The second-order valence-electron chi connectivity index (χ2n) is 15.3. The molecule has 0 N–H and O–H groups in total. The van der Waals surface area contributed by atoms with Crippen LogP contribution in [0.1, 0.15) is 90.0 Å². The van der Waals surface area contributed by atoms with Crippen LogP contribution in [-0.4, -0.2) is 18.6 Å². The zero-order valence-electron chi connectivity index (χ0n) is 23.7. The van der Waals surface area contributed by atoms with Gasteiger partial charge in [0.05, 0.1) is 8.07 Å². The fourth-order valence-electron chi connectivity index (χ4n) is 12.7. The van der Waals surface area contributed by atoms with Crippen LogP contribution < -0.4 is 0 Å². The molecular weight excluding hydrogens is 469 g/mol. The number of hydrogen-bond acceptors (Lipinski definition) is 1. The fourth-order valence-corrected chi connectivity index (χ4v) is 21.8. The van der Waals surface area contributed by atoms with Gasteiger partial charge in [0.2, 0.25) is 0 Å². The van der Waals surface area contributed by atoms with Crippen LogP contribution in [-0.2, 0) is 0 Å². The van der Waals surface area contributed by atoms with Crippen molar-refractivity contribution in [3.8, 4) is 0 Å². The minimum absolute atomic E-state index is 0.854. The summed E-state index contributed by atoms with van der Waals surface area (Å²) in [5.41, 5.74) is 3.83. The van der Waals surface area contributed by atoms with E-state index in [0.29, 0.717) is 0 Å². The lowest BCUT2D eigenvalue weighted by atomic mass is 9.62. The molecule has 6 aliphatic rings. The van der Waals surface area contributed by atoms with Gasteiger partial charge in [-0.15, -0.1) is 0 Å². The third kappa shape index (κ3) is 3.58. The lowest BCUT2D eigenvalue weighted by Gasteiger charge is -2.50. The van der Waals surface area contributed by atoms with E-state index < -0.39 is 8.07 Å². The molecule has 0 nitrogen and oxygen atoms in total. The molecule has 0 radical (unpaired) electrons. The molecule has 1 heterocycles. The molecule has 198 valence electrons. The Bertz CT molecular complexity index is 940. The monoisotopic (exact) mass is 520 g/mol. The minimum atomic E-state index is -1.46. The third-order valence-corrected chi connectivity index (χ3v) is 21.0. The normalized spacial score (nSPS) is 52.0. The average Bonchev–Trinajstić information content (AvgIpc) is 3.61. The number of thioether (sulfide) groups is 1. The number of hydrogen-bond donors (Lipinski definition) is 0. The Balaban J connectivity index is 1.24. The molecule has 1 aromatic rings. The van der Waals surface area contributed by atoms with E-state index in [4.69, 9.17) is 0 Å². The maximum Gasteiger partial charge on any atom is 0.0547 e. The van der Waals surface area contributed by atoms with Crippen LogP contribution in [0.2, 0.25) is 24.2 Å². The fraction of sp³-hybridized carbons (Fsp3) is 0.824. The van der Waals surface area contributed by atoms with E-state index in [1.54, 1.807) is 18.4 Å². The van der Waals surface area contributed by atoms with E-state index in [2.05, 4.69) is 76.0 Å². The lowest BCUT2D eigenvalue weighted by Crippen LogP contribution is -2.49. The summed E-state index contributed by atoms with van der Waals surface area (Å²) in [6.07, 6.45) is 13.8. The number of benzene rings is 1. The SMILES string of the molecule is CC1CC2C(CC3CCCC3C2c2ccccc2)C1[Si](C)(C)C1C(C)C(C)C2SC3CCCCC3C21. The first-order valence-electron chi connectivity index (χ1n) is 16.1. The summed E-state index contributed by atoms with van der Waals surface area (Å²) in [6.45, 7) is 14.0. The highest BCUT2D eigenvalue weighted by Crippen LogP contribution is 2.71. The lowest BCUT2D eigenvalue weighted by molar-refractivity contribution is 0.120. The quantitative estimate of drug-likeness (QED) is 0.357. The van der Waals surface area contributed by atoms with Crippen molar-refractivity contribution in [3.05, 3.63) is 35.9 Å². The van der Waals surface area contributed by atoms with Crippen LogP contribution >= 0.6 is 11.8 Å². The second-order valence-corrected chi connectivity index (χ2v) is 21.7. The highest BCUT2D eigenvalue weighted by Gasteiger charge is 2.65. The molecule has 6 fully saturated rings. The maximum absolute atomic E-state index is 2.94. The first-order valence-corrected chi connectivity index (χ1v) is 20.2. The van der Waals surface area contributed by atoms with Gasteiger partial charge in [0.1, 0.15) is 0 Å². The van der Waals surface area contributed by atoms with Crippen molar-refractivity contribution in [3.63, 3.8) is 0 Å². The topological polar surface area (TPSA) is 0 Å². The van der Waals surface area contributed by atoms with Crippen LogP contribution in [0.5, 0.6) is 0 Å². The molecule has 5 saturated carbocycles. The molecule has 0 bridgehead atoms. The van der Waals surface area contributed by atoms with Crippen LogP contribution in [0.15, 0.2) is 30.3 Å². The summed E-state index contributed by atoms with van der Waals surface area (Å²) in [7, 11) is -1.46. The molecule has 0 spiro atoms. The first kappa shape index (κ1) is 24.8. The zero-order chi connectivity index (χ0) is 24.8. The summed E-state index contributed by atoms with van der Waals surface area (Å²) >= 11 is 2.50. The molecule has 14 unspecified atom stereocenters. The second kappa shape index (κ2) is 9.18. The van der Waals surface area contributed by atoms with Crippen molar-refractivity contribution in [1.29, 1.82) is 0 Å². The molecule has 0 aromatic heterocycles. The van der Waals surface area contributed by atoms with Gasteiger partial charge in [-0.05, 0) is 108 Å². The Morgan fingerprint density at radius 3 is 2.28 bits per heavy atom.